The Labute approximate surface area is 161 Å². The van der Waals surface area contributed by atoms with Gasteiger partial charge in [0.25, 0.3) is 11.8 Å². The van der Waals surface area contributed by atoms with Gasteiger partial charge in [-0.05, 0) is 60.2 Å². The largest absolute Gasteiger partial charge is 0.348 e. The van der Waals surface area contributed by atoms with Gasteiger partial charge in [0, 0.05) is 23.4 Å². The first-order valence-corrected chi connectivity index (χ1v) is 8.49. The van der Waals surface area contributed by atoms with Crippen LogP contribution in [0.3, 0.4) is 0 Å². The molecule has 2 N–H and O–H groups in total. The number of carbonyl (C=O) groups excluding carboxylic acids is 2. The van der Waals surface area contributed by atoms with Gasteiger partial charge in [0.1, 0.15) is 5.82 Å². The lowest BCUT2D eigenvalue weighted by atomic mass is 10.1. The smallest absolute Gasteiger partial charge is 0.255 e. The first-order chi connectivity index (χ1) is 13.5. The molecule has 3 aromatic rings. The number of hydrogen-bond acceptors (Lipinski definition) is 3. The van der Waals surface area contributed by atoms with E-state index >= 15 is 0 Å². The number of hydrogen-bond donors (Lipinski definition) is 2. The topological polar surface area (TPSA) is 82.0 Å². The van der Waals surface area contributed by atoms with E-state index in [1.165, 1.54) is 18.2 Å². The van der Waals surface area contributed by atoms with Crippen LogP contribution in [0, 0.1) is 17.1 Å². The summed E-state index contributed by atoms with van der Waals surface area (Å²) >= 11 is 0. The molecule has 28 heavy (non-hydrogen) atoms. The summed E-state index contributed by atoms with van der Waals surface area (Å²) in [7, 11) is 0. The van der Waals surface area contributed by atoms with Gasteiger partial charge in [-0.15, -0.1) is 0 Å². The Hall–Kier alpha value is -3.98. The minimum atomic E-state index is -0.363. The van der Waals surface area contributed by atoms with Crippen molar-refractivity contribution in [1.29, 1.82) is 5.26 Å². The van der Waals surface area contributed by atoms with Crippen LogP contribution in [0.2, 0.25) is 0 Å². The fraction of sp³-hybridized carbons (Fsp3) is 0.0455. The number of nitrogens with zero attached hydrogens (tertiary/aromatic N) is 1. The minimum Gasteiger partial charge on any atom is -0.348 e. The number of nitriles is 1. The molecule has 3 aromatic carbocycles. The third-order valence-electron chi connectivity index (χ3n) is 4.03. The van der Waals surface area contributed by atoms with E-state index in [4.69, 9.17) is 5.26 Å². The van der Waals surface area contributed by atoms with Gasteiger partial charge >= 0.3 is 0 Å². The summed E-state index contributed by atoms with van der Waals surface area (Å²) in [6.45, 7) is 0.251. The fourth-order valence-electron chi connectivity index (χ4n) is 2.52. The molecule has 0 bridgehead atoms. The molecule has 6 heteroatoms. The van der Waals surface area contributed by atoms with Crippen LogP contribution in [0.1, 0.15) is 31.8 Å². The summed E-state index contributed by atoms with van der Waals surface area (Å²) in [5.41, 5.74) is 2.49. The summed E-state index contributed by atoms with van der Waals surface area (Å²) in [5, 5.41) is 14.3. The average Bonchev–Trinajstić information content (AvgIpc) is 2.73. The first-order valence-electron chi connectivity index (χ1n) is 8.49. The molecule has 0 atom stereocenters. The van der Waals surface area contributed by atoms with Crippen molar-refractivity contribution in [2.75, 3.05) is 5.32 Å². The number of nitrogens with one attached hydrogen (secondary N) is 2. The zero-order chi connectivity index (χ0) is 19.9. The van der Waals surface area contributed by atoms with Crippen molar-refractivity contribution in [3.8, 4) is 6.07 Å². The number of benzene rings is 3. The number of anilines is 1. The molecule has 2 amide bonds. The van der Waals surface area contributed by atoms with Crippen molar-refractivity contribution in [3.63, 3.8) is 0 Å². The molecule has 0 heterocycles. The molecule has 0 aliphatic rings. The highest BCUT2D eigenvalue weighted by Crippen LogP contribution is 2.12. The molecular weight excluding hydrogens is 357 g/mol. The molecule has 0 radical (unpaired) electrons. The molecule has 3 rings (SSSR count). The van der Waals surface area contributed by atoms with E-state index in [9.17, 15) is 14.0 Å². The monoisotopic (exact) mass is 373 g/mol. The van der Waals surface area contributed by atoms with Crippen LogP contribution in [0.25, 0.3) is 0 Å². The molecule has 138 valence electrons. The van der Waals surface area contributed by atoms with E-state index in [1.54, 1.807) is 54.6 Å². The maximum Gasteiger partial charge on any atom is 0.255 e. The van der Waals surface area contributed by atoms with Gasteiger partial charge in [-0.3, -0.25) is 9.59 Å². The van der Waals surface area contributed by atoms with Gasteiger partial charge in [0.2, 0.25) is 0 Å². The van der Waals surface area contributed by atoms with Gasteiger partial charge in [-0.25, -0.2) is 4.39 Å². The Morgan fingerprint density at radius 1 is 0.893 bits per heavy atom. The SMILES string of the molecule is N#Cc1ccc(NC(=O)c2cccc(C(=O)NCc3ccc(F)cc3)c2)cc1. The van der Waals surface area contributed by atoms with Crippen LogP contribution < -0.4 is 10.6 Å². The molecule has 0 saturated heterocycles. The molecule has 0 aliphatic heterocycles. The summed E-state index contributed by atoms with van der Waals surface area (Å²) in [5.74, 6) is -1.04. The zero-order valence-corrected chi connectivity index (χ0v) is 14.8. The molecule has 0 fully saturated rings. The Bertz CT molecular complexity index is 1040. The van der Waals surface area contributed by atoms with Crippen LogP contribution in [-0.4, -0.2) is 11.8 Å². The summed E-state index contributed by atoms with van der Waals surface area (Å²) in [6.07, 6.45) is 0. The van der Waals surface area contributed by atoms with E-state index in [1.807, 2.05) is 6.07 Å². The molecule has 5 nitrogen and oxygen atoms in total. The fourth-order valence-corrected chi connectivity index (χ4v) is 2.52. The highest BCUT2D eigenvalue weighted by molar-refractivity contribution is 6.06. The highest BCUT2D eigenvalue weighted by Gasteiger charge is 2.11. The van der Waals surface area contributed by atoms with E-state index in [-0.39, 0.29) is 24.2 Å². The highest BCUT2D eigenvalue weighted by atomic mass is 19.1. The Kier molecular flexibility index (Phi) is 5.78. The number of halogens is 1. The Morgan fingerprint density at radius 3 is 2.18 bits per heavy atom. The van der Waals surface area contributed by atoms with Gasteiger partial charge in [-0.2, -0.15) is 5.26 Å². The van der Waals surface area contributed by atoms with Gasteiger partial charge in [-0.1, -0.05) is 18.2 Å². The molecule has 0 saturated carbocycles. The molecule has 0 aromatic heterocycles. The lowest BCUT2D eigenvalue weighted by Gasteiger charge is -2.08. The number of carbonyl (C=O) groups is 2. The lowest BCUT2D eigenvalue weighted by molar-refractivity contribution is 0.0951. The number of amides is 2. The predicted molar refractivity (Wildman–Crippen MR) is 103 cm³/mol. The molecule has 0 spiro atoms. The number of rotatable bonds is 5. The minimum absolute atomic E-state index is 0.251. The molecular formula is C22H16FN3O2. The van der Waals surface area contributed by atoms with Crippen molar-refractivity contribution >= 4 is 17.5 Å². The second kappa shape index (κ2) is 8.60. The van der Waals surface area contributed by atoms with Gasteiger partial charge in [0.15, 0.2) is 0 Å². The quantitative estimate of drug-likeness (QED) is 0.712. The van der Waals surface area contributed by atoms with Gasteiger partial charge < -0.3 is 10.6 Å². The van der Waals surface area contributed by atoms with E-state index in [0.29, 0.717) is 22.4 Å². The summed E-state index contributed by atoms with van der Waals surface area (Å²) in [4.78, 5) is 24.8. The second-order valence-corrected chi connectivity index (χ2v) is 6.03. The Morgan fingerprint density at radius 2 is 1.54 bits per heavy atom. The van der Waals surface area contributed by atoms with Crippen LogP contribution in [0.15, 0.2) is 72.8 Å². The Balaban J connectivity index is 1.65. The zero-order valence-electron chi connectivity index (χ0n) is 14.8. The standard InChI is InChI=1S/C22H16FN3O2/c23-19-8-4-16(5-9-19)14-25-21(27)17-2-1-3-18(12-17)22(28)26-20-10-6-15(13-24)7-11-20/h1-12H,14H2,(H,25,27)(H,26,28). The van der Waals surface area contributed by atoms with Crippen molar-refractivity contribution < 1.29 is 14.0 Å². The van der Waals surface area contributed by atoms with E-state index in [0.717, 1.165) is 5.56 Å². The van der Waals surface area contributed by atoms with E-state index in [2.05, 4.69) is 10.6 Å². The van der Waals surface area contributed by atoms with Gasteiger partial charge in [0.05, 0.1) is 11.6 Å². The van der Waals surface area contributed by atoms with Crippen LogP contribution in [0.5, 0.6) is 0 Å². The average molecular weight is 373 g/mol. The second-order valence-electron chi connectivity index (χ2n) is 6.03. The first kappa shape index (κ1) is 18.8. The van der Waals surface area contributed by atoms with Crippen molar-refractivity contribution in [2.24, 2.45) is 0 Å². The molecule has 0 unspecified atom stereocenters. The lowest BCUT2D eigenvalue weighted by Crippen LogP contribution is -2.23. The van der Waals surface area contributed by atoms with Crippen LogP contribution in [0.4, 0.5) is 10.1 Å². The summed E-state index contributed by atoms with van der Waals surface area (Å²) in [6, 6.07) is 20.7. The van der Waals surface area contributed by atoms with Crippen LogP contribution in [-0.2, 0) is 6.54 Å². The van der Waals surface area contributed by atoms with Crippen molar-refractivity contribution in [2.45, 2.75) is 6.54 Å². The maximum absolute atomic E-state index is 12.9. The van der Waals surface area contributed by atoms with Crippen molar-refractivity contribution in [1.82, 2.24) is 5.32 Å². The predicted octanol–water partition coefficient (Wildman–Crippen LogP) is 3.88. The van der Waals surface area contributed by atoms with Crippen LogP contribution >= 0.6 is 0 Å². The third kappa shape index (κ3) is 4.80. The normalized spacial score (nSPS) is 10.0. The van der Waals surface area contributed by atoms with E-state index < -0.39 is 0 Å². The summed E-state index contributed by atoms with van der Waals surface area (Å²) < 4.78 is 12.9. The third-order valence-corrected chi connectivity index (χ3v) is 4.03. The maximum atomic E-state index is 12.9. The molecule has 0 aliphatic carbocycles. The van der Waals surface area contributed by atoms with Crippen molar-refractivity contribution in [3.05, 3.63) is 101 Å².